The molecule has 0 aromatic carbocycles. The lowest BCUT2D eigenvalue weighted by Gasteiger charge is -2.10. The SMILES string of the molecule is CO[C@H]1CCO[C@@H]1C. The van der Waals surface area contributed by atoms with Crippen molar-refractivity contribution in [1.82, 2.24) is 0 Å². The fourth-order valence-electron chi connectivity index (χ4n) is 1.02. The van der Waals surface area contributed by atoms with Crippen molar-refractivity contribution in [2.75, 3.05) is 13.7 Å². The van der Waals surface area contributed by atoms with Crippen molar-refractivity contribution in [3.63, 3.8) is 0 Å². The minimum atomic E-state index is 0.306. The fourth-order valence-corrected chi connectivity index (χ4v) is 1.02. The average Bonchev–Trinajstić information content (AvgIpc) is 2.14. The van der Waals surface area contributed by atoms with E-state index in [0.717, 1.165) is 13.0 Å². The highest BCUT2D eigenvalue weighted by Gasteiger charge is 2.22. The predicted molar refractivity (Wildman–Crippen MR) is 30.8 cm³/mol. The number of methoxy groups -OCH3 is 1. The van der Waals surface area contributed by atoms with Crippen molar-refractivity contribution < 1.29 is 9.47 Å². The Morgan fingerprint density at radius 3 is 2.62 bits per heavy atom. The molecular weight excluding hydrogens is 104 g/mol. The van der Waals surface area contributed by atoms with Crippen LogP contribution in [-0.2, 0) is 9.47 Å². The van der Waals surface area contributed by atoms with Gasteiger partial charge < -0.3 is 9.47 Å². The van der Waals surface area contributed by atoms with Crippen LogP contribution >= 0.6 is 0 Å². The maximum absolute atomic E-state index is 5.23. The van der Waals surface area contributed by atoms with Gasteiger partial charge in [-0.15, -0.1) is 0 Å². The van der Waals surface area contributed by atoms with Gasteiger partial charge in [0.1, 0.15) is 0 Å². The number of rotatable bonds is 1. The summed E-state index contributed by atoms with van der Waals surface area (Å²) >= 11 is 0. The minimum Gasteiger partial charge on any atom is -0.379 e. The topological polar surface area (TPSA) is 18.5 Å². The molecule has 0 spiro atoms. The Bertz CT molecular complexity index is 72.9. The molecule has 0 bridgehead atoms. The van der Waals surface area contributed by atoms with E-state index in [0.29, 0.717) is 12.2 Å². The van der Waals surface area contributed by atoms with E-state index in [1.54, 1.807) is 7.11 Å². The van der Waals surface area contributed by atoms with Gasteiger partial charge in [0, 0.05) is 13.7 Å². The molecule has 2 heteroatoms. The van der Waals surface area contributed by atoms with E-state index < -0.39 is 0 Å². The van der Waals surface area contributed by atoms with Crippen LogP contribution in [0.3, 0.4) is 0 Å². The first-order valence-corrected chi connectivity index (χ1v) is 2.99. The van der Waals surface area contributed by atoms with E-state index in [-0.39, 0.29) is 0 Å². The van der Waals surface area contributed by atoms with Crippen LogP contribution in [-0.4, -0.2) is 25.9 Å². The Balaban J connectivity index is 2.30. The van der Waals surface area contributed by atoms with Gasteiger partial charge in [-0.05, 0) is 13.3 Å². The highest BCUT2D eigenvalue weighted by molar-refractivity contribution is 4.71. The third-order valence-corrected chi connectivity index (χ3v) is 1.61. The molecule has 2 atom stereocenters. The third-order valence-electron chi connectivity index (χ3n) is 1.61. The summed E-state index contributed by atoms with van der Waals surface area (Å²) in [5.41, 5.74) is 0. The lowest BCUT2D eigenvalue weighted by Crippen LogP contribution is -2.18. The molecule has 0 amide bonds. The van der Waals surface area contributed by atoms with Crippen LogP contribution in [0.5, 0.6) is 0 Å². The van der Waals surface area contributed by atoms with Crippen LogP contribution in [0.4, 0.5) is 0 Å². The largest absolute Gasteiger partial charge is 0.379 e. The van der Waals surface area contributed by atoms with Gasteiger partial charge in [-0.25, -0.2) is 0 Å². The van der Waals surface area contributed by atoms with E-state index in [9.17, 15) is 0 Å². The standard InChI is InChI=1S/C6H12O2/c1-5-6(7-2)3-4-8-5/h5-6H,3-4H2,1-2H3/t5-,6+/m1/s1. The summed E-state index contributed by atoms with van der Waals surface area (Å²) in [5, 5.41) is 0. The van der Waals surface area contributed by atoms with Gasteiger partial charge >= 0.3 is 0 Å². The molecule has 8 heavy (non-hydrogen) atoms. The van der Waals surface area contributed by atoms with Gasteiger partial charge in [0.15, 0.2) is 0 Å². The number of hydrogen-bond acceptors (Lipinski definition) is 2. The summed E-state index contributed by atoms with van der Waals surface area (Å²) in [6, 6.07) is 0. The highest BCUT2D eigenvalue weighted by Crippen LogP contribution is 2.14. The molecule has 1 heterocycles. The summed E-state index contributed by atoms with van der Waals surface area (Å²) in [6.07, 6.45) is 1.70. The van der Waals surface area contributed by atoms with Gasteiger partial charge in [0.25, 0.3) is 0 Å². The van der Waals surface area contributed by atoms with Gasteiger partial charge in [0.2, 0.25) is 0 Å². The molecule has 1 aliphatic rings. The second-order valence-corrected chi connectivity index (χ2v) is 2.14. The first-order valence-electron chi connectivity index (χ1n) is 2.99. The Labute approximate surface area is 49.8 Å². The molecule has 48 valence electrons. The van der Waals surface area contributed by atoms with E-state index in [2.05, 4.69) is 0 Å². The average molecular weight is 116 g/mol. The molecule has 0 N–H and O–H groups in total. The van der Waals surface area contributed by atoms with Crippen molar-refractivity contribution >= 4 is 0 Å². The normalized spacial score (nSPS) is 38.2. The summed E-state index contributed by atoms with van der Waals surface area (Å²) in [4.78, 5) is 0. The predicted octanol–water partition coefficient (Wildman–Crippen LogP) is 0.810. The molecule has 0 aliphatic carbocycles. The van der Waals surface area contributed by atoms with Crippen LogP contribution in [0.25, 0.3) is 0 Å². The zero-order chi connectivity index (χ0) is 5.98. The lowest BCUT2D eigenvalue weighted by molar-refractivity contribution is 0.0270. The first kappa shape index (κ1) is 6.05. The fraction of sp³-hybridized carbons (Fsp3) is 1.00. The Kier molecular flexibility index (Phi) is 1.86. The molecular formula is C6H12O2. The Morgan fingerprint density at radius 2 is 2.38 bits per heavy atom. The molecule has 1 saturated heterocycles. The molecule has 0 saturated carbocycles. The second-order valence-electron chi connectivity index (χ2n) is 2.14. The summed E-state index contributed by atoms with van der Waals surface area (Å²) < 4.78 is 10.3. The maximum Gasteiger partial charge on any atom is 0.0852 e. The molecule has 2 nitrogen and oxygen atoms in total. The van der Waals surface area contributed by atoms with Crippen LogP contribution in [0.2, 0.25) is 0 Å². The van der Waals surface area contributed by atoms with Gasteiger partial charge in [0.05, 0.1) is 12.2 Å². The molecule has 0 aromatic heterocycles. The number of hydrogen-bond donors (Lipinski definition) is 0. The van der Waals surface area contributed by atoms with Gasteiger partial charge in [-0.1, -0.05) is 0 Å². The van der Waals surface area contributed by atoms with Crippen LogP contribution in [0.1, 0.15) is 13.3 Å². The van der Waals surface area contributed by atoms with Crippen molar-refractivity contribution in [3.05, 3.63) is 0 Å². The zero-order valence-electron chi connectivity index (χ0n) is 5.39. The molecule has 0 aromatic rings. The maximum atomic E-state index is 5.23. The Hall–Kier alpha value is -0.0800. The molecule has 1 rings (SSSR count). The van der Waals surface area contributed by atoms with Crippen molar-refractivity contribution in [3.8, 4) is 0 Å². The Morgan fingerprint density at radius 1 is 1.62 bits per heavy atom. The van der Waals surface area contributed by atoms with Gasteiger partial charge in [-0.2, -0.15) is 0 Å². The highest BCUT2D eigenvalue weighted by atomic mass is 16.5. The molecule has 0 radical (unpaired) electrons. The first-order chi connectivity index (χ1) is 3.84. The monoisotopic (exact) mass is 116 g/mol. The van der Waals surface area contributed by atoms with E-state index in [4.69, 9.17) is 9.47 Å². The number of ether oxygens (including phenoxy) is 2. The zero-order valence-corrected chi connectivity index (χ0v) is 5.39. The van der Waals surface area contributed by atoms with Crippen LogP contribution in [0, 0.1) is 0 Å². The van der Waals surface area contributed by atoms with E-state index in [1.807, 2.05) is 6.92 Å². The molecule has 0 unspecified atom stereocenters. The lowest BCUT2D eigenvalue weighted by atomic mass is 10.2. The summed E-state index contributed by atoms with van der Waals surface area (Å²) in [5.74, 6) is 0. The van der Waals surface area contributed by atoms with Crippen molar-refractivity contribution in [2.24, 2.45) is 0 Å². The second kappa shape index (κ2) is 2.46. The summed E-state index contributed by atoms with van der Waals surface area (Å²) in [6.45, 7) is 2.90. The van der Waals surface area contributed by atoms with Crippen molar-refractivity contribution in [2.45, 2.75) is 25.6 Å². The van der Waals surface area contributed by atoms with Crippen molar-refractivity contribution in [1.29, 1.82) is 0 Å². The summed E-state index contributed by atoms with van der Waals surface area (Å²) in [7, 11) is 1.73. The smallest absolute Gasteiger partial charge is 0.0852 e. The van der Waals surface area contributed by atoms with E-state index >= 15 is 0 Å². The molecule has 1 fully saturated rings. The molecule has 1 aliphatic heterocycles. The van der Waals surface area contributed by atoms with Crippen LogP contribution in [0.15, 0.2) is 0 Å². The third kappa shape index (κ3) is 1.01. The quantitative estimate of drug-likeness (QED) is 0.504. The minimum absolute atomic E-state index is 0.306. The van der Waals surface area contributed by atoms with E-state index in [1.165, 1.54) is 0 Å². The van der Waals surface area contributed by atoms with Crippen LogP contribution < -0.4 is 0 Å². The van der Waals surface area contributed by atoms with Gasteiger partial charge in [-0.3, -0.25) is 0 Å².